The van der Waals surface area contributed by atoms with E-state index in [4.69, 9.17) is 4.74 Å². The predicted octanol–water partition coefficient (Wildman–Crippen LogP) is 2.71. The first-order valence-corrected chi connectivity index (χ1v) is 7.44. The molecular weight excluding hydrogens is 252 g/mol. The van der Waals surface area contributed by atoms with E-state index in [1.807, 2.05) is 18.3 Å². The summed E-state index contributed by atoms with van der Waals surface area (Å²) in [6, 6.07) is 4.03. The fourth-order valence-corrected chi connectivity index (χ4v) is 2.69. The summed E-state index contributed by atoms with van der Waals surface area (Å²) < 4.78 is 5.43. The zero-order chi connectivity index (χ0) is 14.4. The summed E-state index contributed by atoms with van der Waals surface area (Å²) in [5.74, 6) is 0.934. The highest BCUT2D eigenvalue weighted by molar-refractivity contribution is 5.76. The fraction of sp³-hybridized carbons (Fsp3) is 0.625. The Morgan fingerprint density at radius 1 is 1.45 bits per heavy atom. The van der Waals surface area contributed by atoms with Crippen molar-refractivity contribution < 1.29 is 9.53 Å². The zero-order valence-corrected chi connectivity index (χ0v) is 12.3. The number of nitrogens with zero attached hydrogens (tertiary/aromatic N) is 1. The quantitative estimate of drug-likeness (QED) is 0.899. The van der Waals surface area contributed by atoms with Crippen LogP contribution in [0.4, 0.5) is 0 Å². The van der Waals surface area contributed by atoms with Crippen molar-refractivity contribution in [3.63, 3.8) is 0 Å². The van der Waals surface area contributed by atoms with Gasteiger partial charge in [-0.1, -0.05) is 19.9 Å². The van der Waals surface area contributed by atoms with Crippen LogP contribution in [0.25, 0.3) is 0 Å². The Morgan fingerprint density at radius 3 is 2.80 bits per heavy atom. The monoisotopic (exact) mass is 276 g/mol. The van der Waals surface area contributed by atoms with Gasteiger partial charge < -0.3 is 10.1 Å². The smallest absolute Gasteiger partial charge is 0.220 e. The second-order valence-electron chi connectivity index (χ2n) is 5.88. The molecule has 110 valence electrons. The van der Waals surface area contributed by atoms with E-state index < -0.39 is 0 Å². The molecule has 20 heavy (non-hydrogen) atoms. The minimum absolute atomic E-state index is 0.0545. The molecule has 1 N–H and O–H groups in total. The average molecular weight is 276 g/mol. The van der Waals surface area contributed by atoms with E-state index in [2.05, 4.69) is 24.1 Å². The van der Waals surface area contributed by atoms with Crippen LogP contribution >= 0.6 is 0 Å². The number of amides is 1. The van der Waals surface area contributed by atoms with Gasteiger partial charge in [0, 0.05) is 32.0 Å². The highest BCUT2D eigenvalue weighted by Crippen LogP contribution is 2.29. The van der Waals surface area contributed by atoms with Gasteiger partial charge in [-0.05, 0) is 36.3 Å². The molecule has 0 spiro atoms. The molecule has 1 aromatic heterocycles. The van der Waals surface area contributed by atoms with E-state index in [0.717, 1.165) is 31.6 Å². The molecule has 0 bridgehead atoms. The van der Waals surface area contributed by atoms with Crippen molar-refractivity contribution in [1.82, 2.24) is 10.3 Å². The number of carbonyl (C=O) groups is 1. The number of nitrogens with one attached hydrogen (secondary N) is 1. The maximum absolute atomic E-state index is 12.1. The van der Waals surface area contributed by atoms with Crippen molar-refractivity contribution in [2.24, 2.45) is 11.8 Å². The molecule has 0 aliphatic carbocycles. The number of pyridine rings is 1. The van der Waals surface area contributed by atoms with Crippen molar-refractivity contribution in [3.8, 4) is 0 Å². The molecule has 1 unspecified atom stereocenters. The molecule has 0 radical (unpaired) electrons. The summed E-state index contributed by atoms with van der Waals surface area (Å²) in [6.07, 6.45) is 6.17. The van der Waals surface area contributed by atoms with Crippen molar-refractivity contribution in [3.05, 3.63) is 30.1 Å². The predicted molar refractivity (Wildman–Crippen MR) is 78.1 cm³/mol. The molecule has 1 aliphatic rings. The van der Waals surface area contributed by atoms with Crippen LogP contribution in [0, 0.1) is 11.8 Å². The maximum atomic E-state index is 12.1. The molecule has 2 rings (SSSR count). The lowest BCUT2D eigenvalue weighted by molar-refractivity contribution is -0.123. The Labute approximate surface area is 120 Å². The van der Waals surface area contributed by atoms with Crippen LogP contribution < -0.4 is 5.32 Å². The number of carbonyl (C=O) groups excluding carboxylic acids is 1. The van der Waals surface area contributed by atoms with Crippen molar-refractivity contribution in [2.75, 3.05) is 13.2 Å². The molecular formula is C16H24N2O2. The van der Waals surface area contributed by atoms with Crippen LogP contribution in [0.5, 0.6) is 0 Å². The van der Waals surface area contributed by atoms with E-state index in [9.17, 15) is 4.79 Å². The molecule has 1 atom stereocenters. The molecule has 4 heteroatoms. The number of hydrogen-bond acceptors (Lipinski definition) is 3. The molecule has 4 nitrogen and oxygen atoms in total. The Kier molecular flexibility index (Phi) is 5.53. The molecule has 0 aromatic carbocycles. The minimum atomic E-state index is 0.0545. The SMILES string of the molecule is CC(C)CC(=O)NC(c1cccnc1)C1CCOCC1. The average Bonchev–Trinajstić information content (AvgIpc) is 2.46. The summed E-state index contributed by atoms with van der Waals surface area (Å²) in [5, 5.41) is 3.20. The van der Waals surface area contributed by atoms with Gasteiger partial charge in [-0.2, -0.15) is 0 Å². The third-order valence-electron chi connectivity index (χ3n) is 3.69. The fourth-order valence-electron chi connectivity index (χ4n) is 2.69. The molecule has 1 amide bonds. The third-order valence-corrected chi connectivity index (χ3v) is 3.69. The lowest BCUT2D eigenvalue weighted by Crippen LogP contribution is -2.36. The van der Waals surface area contributed by atoms with E-state index >= 15 is 0 Å². The summed E-state index contributed by atoms with van der Waals surface area (Å²) >= 11 is 0. The molecule has 1 saturated heterocycles. The first-order valence-electron chi connectivity index (χ1n) is 7.44. The lowest BCUT2D eigenvalue weighted by Gasteiger charge is -2.31. The van der Waals surface area contributed by atoms with Gasteiger partial charge in [-0.15, -0.1) is 0 Å². The Balaban J connectivity index is 2.09. The van der Waals surface area contributed by atoms with Crippen LogP contribution in [-0.2, 0) is 9.53 Å². The number of hydrogen-bond donors (Lipinski definition) is 1. The number of ether oxygens (including phenoxy) is 1. The molecule has 1 aliphatic heterocycles. The van der Waals surface area contributed by atoms with Gasteiger partial charge in [0.2, 0.25) is 5.91 Å². The van der Waals surface area contributed by atoms with Gasteiger partial charge in [-0.3, -0.25) is 9.78 Å². The summed E-state index contributed by atoms with van der Waals surface area (Å²) in [5.41, 5.74) is 1.09. The maximum Gasteiger partial charge on any atom is 0.220 e. The largest absolute Gasteiger partial charge is 0.381 e. The van der Waals surface area contributed by atoms with Crippen LogP contribution in [-0.4, -0.2) is 24.1 Å². The highest BCUT2D eigenvalue weighted by atomic mass is 16.5. The first-order chi connectivity index (χ1) is 9.66. The molecule has 0 saturated carbocycles. The summed E-state index contributed by atoms with van der Waals surface area (Å²) in [7, 11) is 0. The van der Waals surface area contributed by atoms with Gasteiger partial charge in [0.1, 0.15) is 0 Å². The van der Waals surface area contributed by atoms with Crippen LogP contribution in [0.1, 0.15) is 44.7 Å². The van der Waals surface area contributed by atoms with Gasteiger partial charge in [0.25, 0.3) is 0 Å². The van der Waals surface area contributed by atoms with Gasteiger partial charge >= 0.3 is 0 Å². The van der Waals surface area contributed by atoms with Crippen LogP contribution in [0.3, 0.4) is 0 Å². The highest BCUT2D eigenvalue weighted by Gasteiger charge is 2.27. The standard InChI is InChI=1S/C16H24N2O2/c1-12(2)10-15(19)18-16(13-5-8-20-9-6-13)14-4-3-7-17-11-14/h3-4,7,11-13,16H,5-6,8-10H2,1-2H3,(H,18,19). The van der Waals surface area contributed by atoms with Crippen molar-refractivity contribution in [1.29, 1.82) is 0 Å². The lowest BCUT2D eigenvalue weighted by atomic mass is 9.87. The number of rotatable bonds is 5. The molecule has 2 heterocycles. The first kappa shape index (κ1) is 15.0. The minimum Gasteiger partial charge on any atom is -0.381 e. The van der Waals surface area contributed by atoms with Crippen LogP contribution in [0.15, 0.2) is 24.5 Å². The van der Waals surface area contributed by atoms with Gasteiger partial charge in [0.05, 0.1) is 6.04 Å². The van der Waals surface area contributed by atoms with Crippen LogP contribution in [0.2, 0.25) is 0 Å². The Bertz CT molecular complexity index is 414. The summed E-state index contributed by atoms with van der Waals surface area (Å²) in [6.45, 7) is 5.68. The molecule has 1 fully saturated rings. The summed E-state index contributed by atoms with van der Waals surface area (Å²) in [4.78, 5) is 16.3. The Morgan fingerprint density at radius 2 is 2.20 bits per heavy atom. The number of aromatic nitrogens is 1. The normalized spacial score (nSPS) is 17.9. The van der Waals surface area contributed by atoms with E-state index in [-0.39, 0.29) is 11.9 Å². The third kappa shape index (κ3) is 4.30. The van der Waals surface area contributed by atoms with E-state index in [1.54, 1.807) is 6.20 Å². The second-order valence-corrected chi connectivity index (χ2v) is 5.88. The zero-order valence-electron chi connectivity index (χ0n) is 12.3. The van der Waals surface area contributed by atoms with Crippen molar-refractivity contribution >= 4 is 5.91 Å². The van der Waals surface area contributed by atoms with Gasteiger partial charge in [0.15, 0.2) is 0 Å². The van der Waals surface area contributed by atoms with E-state index in [0.29, 0.717) is 18.3 Å². The van der Waals surface area contributed by atoms with Gasteiger partial charge in [-0.25, -0.2) is 0 Å². The van der Waals surface area contributed by atoms with E-state index in [1.165, 1.54) is 0 Å². The molecule has 1 aromatic rings. The second kappa shape index (κ2) is 7.39. The Hall–Kier alpha value is -1.42. The topological polar surface area (TPSA) is 51.2 Å². The van der Waals surface area contributed by atoms with Crippen molar-refractivity contribution in [2.45, 2.75) is 39.2 Å².